The van der Waals surface area contributed by atoms with E-state index >= 15 is 0 Å². The first-order valence-electron chi connectivity index (χ1n) is 13.6. The van der Waals surface area contributed by atoms with Crippen LogP contribution >= 0.6 is 0 Å². The molecule has 2 heterocycles. The highest BCUT2D eigenvalue weighted by atomic mass is 32.2. The molecule has 2 aliphatic rings. The number of halogens is 3. The van der Waals surface area contributed by atoms with Crippen LogP contribution < -0.4 is 15.5 Å². The lowest BCUT2D eigenvalue weighted by Gasteiger charge is -2.35. The summed E-state index contributed by atoms with van der Waals surface area (Å²) in [4.78, 5) is 22.6. The molecular formula is C29H32F3N5O4S. The van der Waals surface area contributed by atoms with Crippen molar-refractivity contribution in [3.63, 3.8) is 0 Å². The van der Waals surface area contributed by atoms with Gasteiger partial charge in [-0.15, -0.1) is 0 Å². The Morgan fingerprint density at radius 2 is 1.74 bits per heavy atom. The number of rotatable bonds is 7. The van der Waals surface area contributed by atoms with Crippen LogP contribution in [0.2, 0.25) is 0 Å². The van der Waals surface area contributed by atoms with Crippen LogP contribution in [0.4, 0.5) is 29.5 Å². The molecule has 2 fully saturated rings. The summed E-state index contributed by atoms with van der Waals surface area (Å²) in [7, 11) is -4.60. The van der Waals surface area contributed by atoms with E-state index in [-0.39, 0.29) is 29.6 Å². The number of urea groups is 1. The molecule has 1 saturated heterocycles. The molecule has 5 rings (SSSR count). The van der Waals surface area contributed by atoms with Gasteiger partial charge in [0, 0.05) is 29.9 Å². The molecule has 1 aliphatic carbocycles. The lowest BCUT2D eigenvalue weighted by Crippen LogP contribution is -2.44. The smallest absolute Gasteiger partial charge is 0.377 e. The molecule has 0 spiro atoms. The number of alkyl halides is 3. The lowest BCUT2D eigenvalue weighted by molar-refractivity contribution is -0.139. The van der Waals surface area contributed by atoms with Gasteiger partial charge in [-0.3, -0.25) is 0 Å². The van der Waals surface area contributed by atoms with Crippen molar-refractivity contribution < 1.29 is 31.1 Å². The SMILES string of the molecule is C[C@H]1COCCN1c1cc(C(C)(C)S(=O)(=O)c2ccccc2C(F)(F)F)nc(-c2ccc(NC(=O)NC3CC3)cc2)n1. The second-order valence-electron chi connectivity index (χ2n) is 11.0. The van der Waals surface area contributed by atoms with E-state index < -0.39 is 31.2 Å². The maximum Gasteiger partial charge on any atom is 0.417 e. The summed E-state index contributed by atoms with van der Waals surface area (Å²) < 4.78 is 73.0. The Morgan fingerprint density at radius 1 is 1.05 bits per heavy atom. The zero-order chi connectivity index (χ0) is 30.3. The largest absolute Gasteiger partial charge is 0.417 e. The van der Waals surface area contributed by atoms with Crippen LogP contribution in [0, 0.1) is 0 Å². The molecular weight excluding hydrogens is 571 g/mol. The fourth-order valence-electron chi connectivity index (χ4n) is 4.72. The van der Waals surface area contributed by atoms with E-state index in [4.69, 9.17) is 9.72 Å². The molecule has 1 aromatic heterocycles. The predicted molar refractivity (Wildman–Crippen MR) is 152 cm³/mol. The fraction of sp³-hybridized carbons (Fsp3) is 0.414. The number of aromatic nitrogens is 2. The normalized spacial score (nSPS) is 18.0. The van der Waals surface area contributed by atoms with E-state index in [1.165, 1.54) is 26.0 Å². The van der Waals surface area contributed by atoms with Crippen LogP contribution in [-0.4, -0.2) is 56.3 Å². The van der Waals surface area contributed by atoms with Crippen molar-refractivity contribution in [2.75, 3.05) is 30.0 Å². The summed E-state index contributed by atoms with van der Waals surface area (Å²) in [6.45, 7) is 5.98. The molecule has 2 amide bonds. The van der Waals surface area contributed by atoms with E-state index in [0.717, 1.165) is 31.0 Å². The van der Waals surface area contributed by atoms with Crippen LogP contribution in [0.5, 0.6) is 0 Å². The average molecular weight is 604 g/mol. The topological polar surface area (TPSA) is 114 Å². The third kappa shape index (κ3) is 6.07. The number of hydrogen-bond acceptors (Lipinski definition) is 7. The monoisotopic (exact) mass is 603 g/mol. The van der Waals surface area contributed by atoms with Gasteiger partial charge in [0.25, 0.3) is 0 Å². The summed E-state index contributed by atoms with van der Waals surface area (Å²) >= 11 is 0. The van der Waals surface area contributed by atoms with Gasteiger partial charge in [-0.25, -0.2) is 23.2 Å². The number of hydrogen-bond donors (Lipinski definition) is 2. The molecule has 0 unspecified atom stereocenters. The molecule has 3 aromatic rings. The Balaban J connectivity index is 1.56. The van der Waals surface area contributed by atoms with Gasteiger partial charge in [0.2, 0.25) is 0 Å². The Morgan fingerprint density at radius 3 is 2.38 bits per heavy atom. The van der Waals surface area contributed by atoms with Gasteiger partial charge in [0.1, 0.15) is 10.6 Å². The van der Waals surface area contributed by atoms with Crippen molar-refractivity contribution in [3.8, 4) is 11.4 Å². The second-order valence-corrected chi connectivity index (χ2v) is 13.5. The minimum absolute atomic E-state index is 0.0455. The maximum atomic E-state index is 13.9. The van der Waals surface area contributed by atoms with E-state index in [1.807, 2.05) is 11.8 Å². The molecule has 1 saturated carbocycles. The molecule has 42 heavy (non-hydrogen) atoms. The van der Waals surface area contributed by atoms with Crippen LogP contribution in [-0.2, 0) is 25.5 Å². The zero-order valence-electron chi connectivity index (χ0n) is 23.4. The van der Waals surface area contributed by atoms with Crippen LogP contribution in [0.1, 0.15) is 44.9 Å². The summed E-state index contributed by atoms with van der Waals surface area (Å²) in [6, 6.07) is 12.2. The number of anilines is 2. The molecule has 1 aliphatic heterocycles. The van der Waals surface area contributed by atoms with E-state index in [0.29, 0.717) is 36.8 Å². The number of nitrogens with one attached hydrogen (secondary N) is 2. The highest BCUT2D eigenvalue weighted by molar-refractivity contribution is 7.92. The summed E-state index contributed by atoms with van der Waals surface area (Å²) in [6.07, 6.45) is -2.95. The summed E-state index contributed by atoms with van der Waals surface area (Å²) in [5, 5.41) is 5.61. The van der Waals surface area contributed by atoms with E-state index in [1.54, 1.807) is 24.3 Å². The van der Waals surface area contributed by atoms with Crippen molar-refractivity contribution >= 4 is 27.4 Å². The van der Waals surface area contributed by atoms with Gasteiger partial charge in [-0.05, 0) is 70.0 Å². The first-order valence-corrected chi connectivity index (χ1v) is 15.1. The molecule has 0 radical (unpaired) electrons. The van der Waals surface area contributed by atoms with Gasteiger partial charge in [0.15, 0.2) is 15.7 Å². The van der Waals surface area contributed by atoms with Gasteiger partial charge in [-0.1, -0.05) is 12.1 Å². The number of sulfone groups is 1. The van der Waals surface area contributed by atoms with Gasteiger partial charge < -0.3 is 20.3 Å². The Hall–Kier alpha value is -3.71. The number of benzene rings is 2. The number of carbonyl (C=O) groups is 1. The van der Waals surface area contributed by atoms with Crippen molar-refractivity contribution in [2.45, 2.75) is 61.5 Å². The Bertz CT molecular complexity index is 1570. The number of ether oxygens (including phenoxy) is 1. The number of amides is 2. The van der Waals surface area contributed by atoms with Gasteiger partial charge in [0.05, 0.1) is 35.4 Å². The molecule has 2 N–H and O–H groups in total. The first kappa shape index (κ1) is 29.8. The third-order valence-corrected chi connectivity index (χ3v) is 9.95. The quantitative estimate of drug-likeness (QED) is 0.373. The molecule has 13 heteroatoms. The lowest BCUT2D eigenvalue weighted by atomic mass is 10.1. The highest BCUT2D eigenvalue weighted by Gasteiger charge is 2.45. The van der Waals surface area contributed by atoms with Crippen molar-refractivity contribution in [1.82, 2.24) is 15.3 Å². The van der Waals surface area contributed by atoms with E-state index in [9.17, 15) is 26.4 Å². The molecule has 1 atom stereocenters. The number of carbonyl (C=O) groups excluding carboxylic acids is 1. The predicted octanol–water partition coefficient (Wildman–Crippen LogP) is 5.38. The molecule has 0 bridgehead atoms. The second kappa shape index (κ2) is 11.2. The van der Waals surface area contributed by atoms with Crippen molar-refractivity contribution in [2.24, 2.45) is 0 Å². The van der Waals surface area contributed by atoms with Crippen LogP contribution in [0.15, 0.2) is 59.5 Å². The fourth-order valence-corrected chi connectivity index (χ4v) is 6.38. The van der Waals surface area contributed by atoms with Gasteiger partial charge >= 0.3 is 12.2 Å². The Labute approximate surface area is 242 Å². The minimum Gasteiger partial charge on any atom is -0.377 e. The number of nitrogens with zero attached hydrogens (tertiary/aromatic N) is 3. The zero-order valence-corrected chi connectivity index (χ0v) is 24.2. The van der Waals surface area contributed by atoms with Crippen LogP contribution in [0.3, 0.4) is 0 Å². The average Bonchev–Trinajstić information content (AvgIpc) is 3.76. The minimum atomic E-state index is -4.86. The maximum absolute atomic E-state index is 13.9. The van der Waals surface area contributed by atoms with Gasteiger partial charge in [-0.2, -0.15) is 13.2 Å². The number of morpholine rings is 1. The summed E-state index contributed by atoms with van der Waals surface area (Å²) in [5.41, 5.74) is -0.106. The summed E-state index contributed by atoms with van der Waals surface area (Å²) in [5.74, 6) is 0.631. The molecule has 2 aromatic carbocycles. The van der Waals surface area contributed by atoms with Crippen molar-refractivity contribution in [3.05, 3.63) is 65.9 Å². The molecule has 224 valence electrons. The standard InChI is InChI=1S/C29H32F3N5O4S/c1-18-17-41-15-14-37(18)25-16-24(28(2,3)42(39,40)23-7-5-4-6-22(23)29(30,31)32)35-26(36-25)19-8-10-20(11-9-19)33-27(38)34-21-12-13-21/h4-11,16,18,21H,12-15,17H2,1-3H3,(H2,33,34,38)/t18-/m0/s1. The van der Waals surface area contributed by atoms with Crippen LogP contribution in [0.25, 0.3) is 11.4 Å². The van der Waals surface area contributed by atoms with E-state index in [2.05, 4.69) is 15.6 Å². The van der Waals surface area contributed by atoms with Crippen molar-refractivity contribution in [1.29, 1.82) is 0 Å². The third-order valence-electron chi connectivity index (χ3n) is 7.46. The molecule has 9 nitrogen and oxygen atoms in total. The highest BCUT2D eigenvalue weighted by Crippen LogP contribution is 2.42. The Kier molecular flexibility index (Phi) is 7.92. The first-order chi connectivity index (χ1) is 19.8.